The van der Waals surface area contributed by atoms with Gasteiger partial charge in [0.05, 0.1) is 0 Å². The number of likely N-dealkylation sites (tertiary alicyclic amines) is 1. The summed E-state index contributed by atoms with van der Waals surface area (Å²) < 4.78 is 5.60. The third kappa shape index (κ3) is 5.88. The van der Waals surface area contributed by atoms with Crippen LogP contribution in [0, 0.1) is 13.8 Å². The van der Waals surface area contributed by atoms with Crippen molar-refractivity contribution >= 4 is 11.9 Å². The predicted molar refractivity (Wildman–Crippen MR) is 110 cm³/mol. The number of carbonyl (C=O) groups is 2. The third-order valence-electron chi connectivity index (χ3n) is 5.93. The van der Waals surface area contributed by atoms with Crippen LogP contribution in [0.1, 0.15) is 56.1 Å². The lowest BCUT2D eigenvalue weighted by molar-refractivity contribution is -0.124. The first-order valence-corrected chi connectivity index (χ1v) is 10.6. The zero-order chi connectivity index (χ0) is 19.9. The van der Waals surface area contributed by atoms with E-state index in [1.54, 1.807) is 0 Å². The van der Waals surface area contributed by atoms with Crippen molar-refractivity contribution in [3.05, 3.63) is 29.3 Å². The number of carbonyl (C=O) groups excluding carboxylic acids is 2. The van der Waals surface area contributed by atoms with E-state index in [4.69, 9.17) is 4.74 Å². The van der Waals surface area contributed by atoms with Crippen LogP contribution in [0.2, 0.25) is 0 Å². The summed E-state index contributed by atoms with van der Waals surface area (Å²) in [6, 6.07) is 6.33. The molecular weight excluding hydrogens is 354 g/mol. The van der Waals surface area contributed by atoms with Crippen LogP contribution in [0.4, 0.5) is 4.79 Å². The van der Waals surface area contributed by atoms with Gasteiger partial charge in [0.15, 0.2) is 6.61 Å². The number of aryl methyl sites for hydroxylation is 2. The molecule has 3 rings (SSSR count). The first-order valence-electron chi connectivity index (χ1n) is 10.6. The number of piperidine rings is 1. The summed E-state index contributed by atoms with van der Waals surface area (Å²) in [7, 11) is 0. The van der Waals surface area contributed by atoms with Gasteiger partial charge in [0.2, 0.25) is 0 Å². The molecule has 3 amide bonds. The van der Waals surface area contributed by atoms with Gasteiger partial charge in [-0.25, -0.2) is 4.79 Å². The molecule has 2 N–H and O–H groups in total. The first kappa shape index (κ1) is 20.5. The normalized spacial score (nSPS) is 18.6. The van der Waals surface area contributed by atoms with Crippen LogP contribution in [-0.4, -0.2) is 48.6 Å². The molecule has 2 aliphatic rings. The summed E-state index contributed by atoms with van der Waals surface area (Å²) in [5.74, 6) is 0.607. The number of nitrogens with zero attached hydrogens (tertiary/aromatic N) is 1. The Hall–Kier alpha value is -2.24. The van der Waals surface area contributed by atoms with Gasteiger partial charge in [0, 0.05) is 25.2 Å². The van der Waals surface area contributed by atoms with Crippen molar-refractivity contribution in [1.29, 1.82) is 0 Å². The number of hydrogen-bond donors (Lipinski definition) is 2. The second kappa shape index (κ2) is 9.80. The van der Waals surface area contributed by atoms with Crippen molar-refractivity contribution in [2.75, 3.05) is 19.7 Å². The van der Waals surface area contributed by atoms with E-state index < -0.39 is 0 Å². The highest BCUT2D eigenvalue weighted by Gasteiger charge is 2.25. The van der Waals surface area contributed by atoms with Gasteiger partial charge in [-0.3, -0.25) is 4.79 Å². The van der Waals surface area contributed by atoms with Crippen molar-refractivity contribution in [2.45, 2.75) is 70.9 Å². The highest BCUT2D eigenvalue weighted by atomic mass is 16.5. The van der Waals surface area contributed by atoms with Gasteiger partial charge in [-0.15, -0.1) is 0 Å². The van der Waals surface area contributed by atoms with E-state index in [9.17, 15) is 9.59 Å². The monoisotopic (exact) mass is 387 g/mol. The van der Waals surface area contributed by atoms with Gasteiger partial charge < -0.3 is 20.3 Å². The molecule has 0 aromatic heterocycles. The second-order valence-corrected chi connectivity index (χ2v) is 8.15. The van der Waals surface area contributed by atoms with Crippen molar-refractivity contribution in [1.82, 2.24) is 15.5 Å². The molecule has 0 spiro atoms. The lowest BCUT2D eigenvalue weighted by Crippen LogP contribution is -2.51. The van der Waals surface area contributed by atoms with Crippen molar-refractivity contribution in [3.8, 4) is 5.75 Å². The number of hydrogen-bond acceptors (Lipinski definition) is 3. The van der Waals surface area contributed by atoms with Crippen LogP contribution in [0.15, 0.2) is 18.2 Å². The van der Waals surface area contributed by atoms with Gasteiger partial charge in [-0.05, 0) is 62.8 Å². The van der Waals surface area contributed by atoms with Crippen LogP contribution >= 0.6 is 0 Å². The molecule has 28 heavy (non-hydrogen) atoms. The summed E-state index contributed by atoms with van der Waals surface area (Å²) >= 11 is 0. The molecule has 0 bridgehead atoms. The highest BCUT2D eigenvalue weighted by Crippen LogP contribution is 2.19. The van der Waals surface area contributed by atoms with Crippen LogP contribution in [-0.2, 0) is 4.79 Å². The fraction of sp³-hybridized carbons (Fsp3) is 0.636. The lowest BCUT2D eigenvalue weighted by atomic mass is 9.95. The molecule has 6 nitrogen and oxygen atoms in total. The predicted octanol–water partition coefficient (Wildman–Crippen LogP) is 3.31. The molecule has 1 aromatic carbocycles. The van der Waals surface area contributed by atoms with Crippen molar-refractivity contribution < 1.29 is 14.3 Å². The van der Waals surface area contributed by atoms with E-state index in [2.05, 4.69) is 10.6 Å². The van der Waals surface area contributed by atoms with Gasteiger partial charge >= 0.3 is 6.03 Å². The van der Waals surface area contributed by atoms with Crippen molar-refractivity contribution in [2.24, 2.45) is 0 Å². The summed E-state index contributed by atoms with van der Waals surface area (Å²) in [4.78, 5) is 26.5. The topological polar surface area (TPSA) is 70.7 Å². The minimum atomic E-state index is -0.108. The average molecular weight is 388 g/mol. The first-order chi connectivity index (χ1) is 13.5. The van der Waals surface area contributed by atoms with Crippen LogP contribution < -0.4 is 15.4 Å². The number of ether oxygens (including phenoxy) is 1. The van der Waals surface area contributed by atoms with E-state index in [0.717, 1.165) is 31.2 Å². The molecule has 2 fully saturated rings. The molecule has 1 saturated heterocycles. The molecule has 0 radical (unpaired) electrons. The van der Waals surface area contributed by atoms with E-state index in [1.165, 1.54) is 24.8 Å². The Kier molecular flexibility index (Phi) is 7.18. The maximum atomic E-state index is 12.4. The quantitative estimate of drug-likeness (QED) is 0.814. The Labute approximate surface area is 168 Å². The maximum absolute atomic E-state index is 12.4. The van der Waals surface area contributed by atoms with E-state index in [-0.39, 0.29) is 24.6 Å². The van der Waals surface area contributed by atoms with Gasteiger partial charge in [-0.1, -0.05) is 25.3 Å². The molecule has 1 aliphatic heterocycles. The molecule has 6 heteroatoms. The molecular formula is C22H33N3O3. The maximum Gasteiger partial charge on any atom is 0.317 e. The third-order valence-corrected chi connectivity index (χ3v) is 5.93. The molecule has 1 aliphatic carbocycles. The number of amides is 3. The summed E-state index contributed by atoms with van der Waals surface area (Å²) in [6.07, 6.45) is 7.47. The zero-order valence-corrected chi connectivity index (χ0v) is 17.1. The largest absolute Gasteiger partial charge is 0.484 e. The number of benzene rings is 1. The molecule has 0 unspecified atom stereocenters. The number of urea groups is 1. The molecule has 154 valence electrons. The molecule has 1 saturated carbocycles. The Morgan fingerprint density at radius 3 is 2.32 bits per heavy atom. The second-order valence-electron chi connectivity index (χ2n) is 8.15. The Bertz CT molecular complexity index is 678. The minimum Gasteiger partial charge on any atom is -0.484 e. The van der Waals surface area contributed by atoms with Crippen LogP contribution in [0.5, 0.6) is 5.75 Å². The van der Waals surface area contributed by atoms with Crippen LogP contribution in [0.3, 0.4) is 0 Å². The Balaban J connectivity index is 1.35. The summed E-state index contributed by atoms with van der Waals surface area (Å²) in [6.45, 7) is 5.46. The van der Waals surface area contributed by atoms with E-state index in [1.807, 2.05) is 36.9 Å². The smallest absolute Gasteiger partial charge is 0.317 e. The molecule has 1 aromatic rings. The SMILES string of the molecule is Cc1ccc(OCC(=O)NC2CCN(C(=O)NC3CCCCC3)CC2)cc1C. The average Bonchev–Trinajstić information content (AvgIpc) is 2.70. The summed E-state index contributed by atoms with van der Waals surface area (Å²) in [5, 5.41) is 6.20. The van der Waals surface area contributed by atoms with Gasteiger partial charge in [0.1, 0.15) is 5.75 Å². The van der Waals surface area contributed by atoms with E-state index in [0.29, 0.717) is 24.9 Å². The zero-order valence-electron chi connectivity index (χ0n) is 17.1. The number of rotatable bonds is 5. The fourth-order valence-corrected chi connectivity index (χ4v) is 3.96. The lowest BCUT2D eigenvalue weighted by Gasteiger charge is -2.34. The number of nitrogens with one attached hydrogen (secondary N) is 2. The van der Waals surface area contributed by atoms with Gasteiger partial charge in [0.25, 0.3) is 5.91 Å². The highest BCUT2D eigenvalue weighted by molar-refractivity contribution is 5.78. The van der Waals surface area contributed by atoms with Crippen LogP contribution in [0.25, 0.3) is 0 Å². The Morgan fingerprint density at radius 1 is 0.964 bits per heavy atom. The molecule has 1 heterocycles. The minimum absolute atomic E-state index is 0.0187. The fourth-order valence-electron chi connectivity index (χ4n) is 3.96. The van der Waals surface area contributed by atoms with Crippen molar-refractivity contribution in [3.63, 3.8) is 0 Å². The van der Waals surface area contributed by atoms with Gasteiger partial charge in [-0.2, -0.15) is 0 Å². The van der Waals surface area contributed by atoms with E-state index >= 15 is 0 Å². The standard InChI is InChI=1S/C22H33N3O3/c1-16-8-9-20(14-17(16)2)28-15-21(26)23-19-10-12-25(13-11-19)22(27)24-18-6-4-3-5-7-18/h8-9,14,18-19H,3-7,10-13,15H2,1-2H3,(H,23,26)(H,24,27). The Morgan fingerprint density at radius 2 is 1.64 bits per heavy atom. The summed E-state index contributed by atoms with van der Waals surface area (Å²) in [5.41, 5.74) is 2.35. The molecule has 0 atom stereocenters.